The summed E-state index contributed by atoms with van der Waals surface area (Å²) in [4.78, 5) is 29.2. The lowest BCUT2D eigenvalue weighted by Crippen LogP contribution is -2.45. The molecule has 0 spiro atoms. The van der Waals surface area contributed by atoms with Gasteiger partial charge in [-0.1, -0.05) is 13.0 Å². The lowest BCUT2D eigenvalue weighted by Gasteiger charge is -2.26. The van der Waals surface area contributed by atoms with Crippen molar-refractivity contribution in [1.29, 1.82) is 0 Å². The third kappa shape index (κ3) is 2.92. The zero-order valence-corrected chi connectivity index (χ0v) is 12.6. The Bertz CT molecular complexity index is 512. The Kier molecular flexibility index (Phi) is 4.46. The Morgan fingerprint density at radius 3 is 2.89 bits per heavy atom. The Balaban J connectivity index is 2.31. The largest absolute Gasteiger partial charge is 0.480 e. The van der Waals surface area contributed by atoms with Gasteiger partial charge in [0.2, 0.25) is 0 Å². The zero-order chi connectivity index (χ0) is 14.0. The molecular weight excluding hydrogens is 332 g/mol. The van der Waals surface area contributed by atoms with Gasteiger partial charge in [-0.2, -0.15) is 0 Å². The van der Waals surface area contributed by atoms with Gasteiger partial charge in [-0.15, -0.1) is 11.8 Å². The Morgan fingerprint density at radius 1 is 1.58 bits per heavy atom. The first kappa shape index (κ1) is 14.3. The van der Waals surface area contributed by atoms with Crippen molar-refractivity contribution in [2.24, 2.45) is 0 Å². The van der Waals surface area contributed by atoms with Crippen LogP contribution in [0.4, 0.5) is 0 Å². The molecule has 19 heavy (non-hydrogen) atoms. The summed E-state index contributed by atoms with van der Waals surface area (Å²) in [5.41, 5.74) is 0.265. The molecule has 2 unspecified atom stereocenters. The maximum atomic E-state index is 12.4. The van der Waals surface area contributed by atoms with E-state index in [9.17, 15) is 14.7 Å². The summed E-state index contributed by atoms with van der Waals surface area (Å²) in [6.45, 7) is 1.94. The van der Waals surface area contributed by atoms with Crippen LogP contribution in [0.25, 0.3) is 0 Å². The highest BCUT2D eigenvalue weighted by atomic mass is 79.9. The number of carbonyl (C=O) groups is 2. The third-order valence-corrected chi connectivity index (χ3v) is 4.79. The number of aliphatic carboxylic acids is 1. The highest BCUT2D eigenvalue weighted by Crippen LogP contribution is 2.32. The Morgan fingerprint density at radius 2 is 2.32 bits per heavy atom. The van der Waals surface area contributed by atoms with Gasteiger partial charge in [0, 0.05) is 5.75 Å². The van der Waals surface area contributed by atoms with E-state index in [-0.39, 0.29) is 17.0 Å². The number of thioether (sulfide) groups is 1. The maximum Gasteiger partial charge on any atom is 0.327 e. The smallest absolute Gasteiger partial charge is 0.327 e. The first-order valence-electron chi connectivity index (χ1n) is 5.84. The van der Waals surface area contributed by atoms with Crippen molar-refractivity contribution in [2.45, 2.75) is 24.8 Å². The van der Waals surface area contributed by atoms with Crippen LogP contribution in [0.5, 0.6) is 0 Å². The van der Waals surface area contributed by atoms with E-state index in [4.69, 9.17) is 0 Å². The molecule has 1 fully saturated rings. The molecule has 1 N–H and O–H groups in total. The molecule has 0 bridgehead atoms. The van der Waals surface area contributed by atoms with Gasteiger partial charge in [0.1, 0.15) is 16.3 Å². The van der Waals surface area contributed by atoms with Crippen LogP contribution < -0.4 is 0 Å². The molecule has 1 aromatic rings. The number of halogens is 1. The molecule has 7 heteroatoms. The number of aromatic nitrogens is 1. The summed E-state index contributed by atoms with van der Waals surface area (Å²) in [6.07, 6.45) is 0.716. The Labute approximate surface area is 123 Å². The van der Waals surface area contributed by atoms with E-state index in [0.717, 1.165) is 0 Å². The standard InChI is InChI=1S/C12H13BrN2O3S/c1-2-10-15(8(6-19-10)12(17)18)11(16)7-4-3-5-9(13)14-7/h3-5,8,10H,2,6H2,1H3,(H,17,18). The summed E-state index contributed by atoms with van der Waals surface area (Å²) in [6, 6.07) is 4.26. The molecule has 2 rings (SSSR count). The van der Waals surface area contributed by atoms with Crippen LogP contribution in [0.2, 0.25) is 0 Å². The third-order valence-electron chi connectivity index (χ3n) is 2.90. The van der Waals surface area contributed by atoms with Crippen LogP contribution >= 0.6 is 27.7 Å². The molecular formula is C12H13BrN2O3S. The number of rotatable bonds is 3. The number of nitrogens with zero attached hydrogens (tertiary/aromatic N) is 2. The molecule has 1 saturated heterocycles. The fraction of sp³-hybridized carbons (Fsp3) is 0.417. The van der Waals surface area contributed by atoms with Gasteiger partial charge in [-0.25, -0.2) is 9.78 Å². The number of pyridine rings is 1. The van der Waals surface area contributed by atoms with Gasteiger partial charge in [-0.3, -0.25) is 4.79 Å². The minimum Gasteiger partial charge on any atom is -0.480 e. The van der Waals surface area contributed by atoms with E-state index in [1.165, 1.54) is 16.7 Å². The lowest BCUT2D eigenvalue weighted by atomic mass is 10.2. The highest BCUT2D eigenvalue weighted by Gasteiger charge is 2.41. The number of hydrogen-bond donors (Lipinski definition) is 1. The zero-order valence-electron chi connectivity index (χ0n) is 10.2. The van der Waals surface area contributed by atoms with Crippen LogP contribution in [-0.2, 0) is 4.79 Å². The van der Waals surface area contributed by atoms with Crippen molar-refractivity contribution < 1.29 is 14.7 Å². The molecule has 1 aliphatic heterocycles. The monoisotopic (exact) mass is 344 g/mol. The van der Waals surface area contributed by atoms with Crippen molar-refractivity contribution in [3.05, 3.63) is 28.5 Å². The van der Waals surface area contributed by atoms with Gasteiger partial charge in [0.15, 0.2) is 0 Å². The molecule has 2 atom stereocenters. The van der Waals surface area contributed by atoms with Crippen LogP contribution in [0.1, 0.15) is 23.8 Å². The van der Waals surface area contributed by atoms with Crippen molar-refractivity contribution in [3.63, 3.8) is 0 Å². The molecule has 1 aliphatic rings. The molecule has 1 amide bonds. The van der Waals surface area contributed by atoms with Crippen LogP contribution in [0.3, 0.4) is 0 Å². The maximum absolute atomic E-state index is 12.4. The minimum atomic E-state index is -0.966. The topological polar surface area (TPSA) is 70.5 Å². The van der Waals surface area contributed by atoms with E-state index < -0.39 is 12.0 Å². The molecule has 102 valence electrons. The quantitative estimate of drug-likeness (QED) is 0.851. The van der Waals surface area contributed by atoms with Gasteiger partial charge in [0.05, 0.1) is 5.37 Å². The first-order valence-corrected chi connectivity index (χ1v) is 7.68. The summed E-state index contributed by atoms with van der Waals surface area (Å²) < 4.78 is 0.560. The van der Waals surface area contributed by atoms with Gasteiger partial charge >= 0.3 is 5.97 Å². The molecule has 0 aliphatic carbocycles. The number of amides is 1. The van der Waals surface area contributed by atoms with E-state index in [1.807, 2.05) is 6.92 Å². The molecule has 0 saturated carbocycles. The average molecular weight is 345 g/mol. The first-order chi connectivity index (χ1) is 9.04. The van der Waals surface area contributed by atoms with Crippen LogP contribution in [0.15, 0.2) is 22.8 Å². The Hall–Kier alpha value is -1.08. The highest BCUT2D eigenvalue weighted by molar-refractivity contribution is 9.10. The summed E-state index contributed by atoms with van der Waals surface area (Å²) in [7, 11) is 0. The van der Waals surface area contributed by atoms with Crippen LogP contribution in [0, 0.1) is 0 Å². The van der Waals surface area contributed by atoms with Crippen molar-refractivity contribution in [1.82, 2.24) is 9.88 Å². The minimum absolute atomic E-state index is 0.102. The summed E-state index contributed by atoms with van der Waals surface area (Å²) >= 11 is 4.71. The fourth-order valence-electron chi connectivity index (χ4n) is 2.00. The van der Waals surface area contributed by atoms with Gasteiger partial charge < -0.3 is 10.0 Å². The van der Waals surface area contributed by atoms with Gasteiger partial charge in [0.25, 0.3) is 5.91 Å². The van der Waals surface area contributed by atoms with E-state index in [2.05, 4.69) is 20.9 Å². The average Bonchev–Trinajstić information content (AvgIpc) is 2.81. The lowest BCUT2D eigenvalue weighted by molar-refractivity contribution is -0.141. The second-order valence-electron chi connectivity index (χ2n) is 4.11. The number of carbonyl (C=O) groups excluding carboxylic acids is 1. The number of carboxylic acids is 1. The van der Waals surface area contributed by atoms with E-state index in [0.29, 0.717) is 16.8 Å². The predicted octanol–water partition coefficient (Wildman–Crippen LogP) is 2.22. The van der Waals surface area contributed by atoms with Gasteiger partial charge in [-0.05, 0) is 34.5 Å². The van der Waals surface area contributed by atoms with Crippen molar-refractivity contribution in [2.75, 3.05) is 5.75 Å². The predicted molar refractivity (Wildman–Crippen MR) is 76.1 cm³/mol. The fourth-order valence-corrected chi connectivity index (χ4v) is 3.69. The summed E-state index contributed by atoms with van der Waals surface area (Å²) in [5, 5.41) is 9.11. The normalized spacial score (nSPS) is 22.5. The molecule has 0 radical (unpaired) electrons. The van der Waals surface area contributed by atoms with Crippen molar-refractivity contribution >= 4 is 39.6 Å². The molecule has 5 nitrogen and oxygen atoms in total. The van der Waals surface area contributed by atoms with E-state index in [1.54, 1.807) is 18.2 Å². The van der Waals surface area contributed by atoms with E-state index >= 15 is 0 Å². The molecule has 2 heterocycles. The summed E-state index contributed by atoms with van der Waals surface area (Å²) in [5.74, 6) is -0.870. The number of hydrogen-bond acceptors (Lipinski definition) is 4. The molecule has 0 aromatic carbocycles. The van der Waals surface area contributed by atoms with Crippen molar-refractivity contribution in [3.8, 4) is 0 Å². The second-order valence-corrected chi connectivity index (χ2v) is 6.13. The van der Waals surface area contributed by atoms with Crippen LogP contribution in [-0.4, -0.2) is 44.0 Å². The molecule has 1 aromatic heterocycles. The SMILES string of the molecule is CCC1SCC(C(=O)O)N1C(=O)c1cccc(Br)n1. The number of carboxylic acid groups (broad SMARTS) is 1. The second kappa shape index (κ2) is 5.92.